The average molecular weight is 308 g/mol. The van der Waals surface area contributed by atoms with Crippen molar-refractivity contribution in [3.8, 4) is 0 Å². The number of rotatable bonds is 7. The van der Waals surface area contributed by atoms with Gasteiger partial charge in [-0.15, -0.1) is 0 Å². The Labute approximate surface area is 126 Å². The third-order valence-corrected chi connectivity index (χ3v) is 2.73. The molecule has 3 N–H and O–H groups in total. The summed E-state index contributed by atoms with van der Waals surface area (Å²) >= 11 is 0. The van der Waals surface area contributed by atoms with Crippen molar-refractivity contribution in [2.75, 3.05) is 13.2 Å². The summed E-state index contributed by atoms with van der Waals surface area (Å²) in [7, 11) is 0. The predicted molar refractivity (Wildman–Crippen MR) is 75.3 cm³/mol. The van der Waals surface area contributed by atoms with E-state index in [0.29, 0.717) is 0 Å². The Bertz CT molecular complexity index is 589. The van der Waals surface area contributed by atoms with E-state index in [4.69, 9.17) is 15.3 Å². The van der Waals surface area contributed by atoms with Crippen LogP contribution in [0.15, 0.2) is 35.9 Å². The maximum Gasteiger partial charge on any atom is 0.346 e. The highest BCUT2D eigenvalue weighted by atomic mass is 16.6. The van der Waals surface area contributed by atoms with E-state index in [1.54, 1.807) is 0 Å². The molecule has 7 heteroatoms. The van der Waals surface area contributed by atoms with Gasteiger partial charge in [0, 0.05) is 25.2 Å². The quantitative estimate of drug-likeness (QED) is 0.386. The van der Waals surface area contributed by atoms with Gasteiger partial charge in [-0.1, -0.05) is 18.2 Å². The van der Waals surface area contributed by atoms with E-state index < -0.39 is 17.9 Å². The Kier molecular flexibility index (Phi) is 6.94. The van der Waals surface area contributed by atoms with E-state index in [2.05, 4.69) is 4.74 Å². The normalized spacial score (nSPS) is 11.1. The first-order valence-corrected chi connectivity index (χ1v) is 6.50. The van der Waals surface area contributed by atoms with Gasteiger partial charge >= 0.3 is 17.9 Å². The molecule has 1 aromatic carbocycles. The Balaban J connectivity index is 2.92. The predicted octanol–water partition coefficient (Wildman–Crippen LogP) is 0.759. The van der Waals surface area contributed by atoms with Crippen molar-refractivity contribution >= 4 is 17.9 Å². The fourth-order valence-corrected chi connectivity index (χ4v) is 1.70. The molecule has 0 atom stereocenters. The van der Waals surface area contributed by atoms with Crippen LogP contribution in [0.3, 0.4) is 0 Å². The molecular weight excluding hydrogens is 292 g/mol. The molecule has 0 saturated carbocycles. The topological polar surface area (TPSA) is 121 Å². The summed E-state index contributed by atoms with van der Waals surface area (Å²) < 4.78 is 4.64. The first-order chi connectivity index (χ1) is 10.5. The van der Waals surface area contributed by atoms with E-state index in [0.717, 1.165) is 0 Å². The lowest BCUT2D eigenvalue weighted by Crippen LogP contribution is -2.18. The van der Waals surface area contributed by atoms with Crippen LogP contribution in [0.5, 0.6) is 0 Å². The first kappa shape index (κ1) is 17.5. The summed E-state index contributed by atoms with van der Waals surface area (Å²) in [6.07, 6.45) is 1.49. The van der Waals surface area contributed by atoms with E-state index in [1.165, 1.54) is 30.3 Å². The maximum absolute atomic E-state index is 11.9. The van der Waals surface area contributed by atoms with Crippen molar-refractivity contribution in [2.45, 2.75) is 12.8 Å². The third-order valence-electron chi connectivity index (χ3n) is 2.73. The molecule has 0 heterocycles. The van der Waals surface area contributed by atoms with Crippen molar-refractivity contribution < 1.29 is 34.4 Å². The highest BCUT2D eigenvalue weighted by Gasteiger charge is 2.21. The number of carboxylic acids is 1. The van der Waals surface area contributed by atoms with Gasteiger partial charge in [-0.05, 0) is 18.6 Å². The number of aromatic carboxylic acids is 1. The molecule has 0 radical (unpaired) electrons. The number of carbonyl (C=O) groups is 3. The first-order valence-electron chi connectivity index (χ1n) is 6.50. The maximum atomic E-state index is 11.9. The zero-order valence-corrected chi connectivity index (χ0v) is 11.7. The minimum Gasteiger partial charge on any atom is -0.478 e. The van der Waals surface area contributed by atoms with Crippen molar-refractivity contribution in [1.29, 1.82) is 0 Å². The zero-order chi connectivity index (χ0) is 16.5. The molecule has 7 nitrogen and oxygen atoms in total. The van der Waals surface area contributed by atoms with Gasteiger partial charge < -0.3 is 20.1 Å². The number of carbonyl (C=O) groups excluding carboxylic acids is 2. The van der Waals surface area contributed by atoms with Gasteiger partial charge in [0.25, 0.3) is 0 Å². The SMILES string of the molecule is O=C(OC(=O)c1ccccc1C(=O)O)C(=CCCO)CCO. The lowest BCUT2D eigenvalue weighted by atomic mass is 10.1. The minimum atomic E-state index is -1.31. The van der Waals surface area contributed by atoms with Crippen LogP contribution in [0, 0.1) is 0 Å². The van der Waals surface area contributed by atoms with Gasteiger partial charge in [-0.2, -0.15) is 0 Å². The summed E-state index contributed by atoms with van der Waals surface area (Å²) in [4.78, 5) is 34.8. The van der Waals surface area contributed by atoms with Crippen LogP contribution in [0.25, 0.3) is 0 Å². The van der Waals surface area contributed by atoms with Gasteiger partial charge in [0.2, 0.25) is 0 Å². The number of ether oxygens (including phenoxy) is 1. The number of esters is 2. The number of hydrogen-bond acceptors (Lipinski definition) is 6. The molecule has 118 valence electrons. The van der Waals surface area contributed by atoms with Crippen LogP contribution < -0.4 is 0 Å². The van der Waals surface area contributed by atoms with Crippen molar-refractivity contribution in [3.63, 3.8) is 0 Å². The highest BCUT2D eigenvalue weighted by molar-refractivity contribution is 6.07. The van der Waals surface area contributed by atoms with Gasteiger partial charge in [0.15, 0.2) is 0 Å². The van der Waals surface area contributed by atoms with Crippen LogP contribution in [0.1, 0.15) is 33.6 Å². The lowest BCUT2D eigenvalue weighted by Gasteiger charge is -2.07. The molecule has 0 unspecified atom stereocenters. The molecule has 0 bridgehead atoms. The van der Waals surface area contributed by atoms with Crippen molar-refractivity contribution in [1.82, 2.24) is 0 Å². The average Bonchev–Trinajstić information content (AvgIpc) is 2.51. The van der Waals surface area contributed by atoms with E-state index in [9.17, 15) is 14.4 Å². The Morgan fingerprint density at radius 3 is 2.23 bits per heavy atom. The number of aliphatic hydroxyl groups is 2. The molecule has 22 heavy (non-hydrogen) atoms. The Morgan fingerprint density at radius 2 is 1.68 bits per heavy atom. The molecule has 0 aromatic heterocycles. The van der Waals surface area contributed by atoms with Crippen LogP contribution >= 0.6 is 0 Å². The van der Waals surface area contributed by atoms with Crippen molar-refractivity contribution in [3.05, 3.63) is 47.0 Å². The summed E-state index contributed by atoms with van der Waals surface area (Å²) in [6, 6.07) is 5.35. The molecule has 0 saturated heterocycles. The zero-order valence-electron chi connectivity index (χ0n) is 11.7. The van der Waals surface area contributed by atoms with Gasteiger partial charge in [-0.25, -0.2) is 14.4 Å². The molecule has 0 aliphatic heterocycles. The molecular formula is C15H16O7. The number of aliphatic hydroxyl groups excluding tert-OH is 2. The summed E-state index contributed by atoms with van der Waals surface area (Å²) in [5.41, 5.74) is -0.477. The lowest BCUT2D eigenvalue weighted by molar-refractivity contribution is -0.133. The molecule has 0 fully saturated rings. The van der Waals surface area contributed by atoms with Crippen LogP contribution in [-0.4, -0.2) is 46.4 Å². The van der Waals surface area contributed by atoms with Crippen molar-refractivity contribution in [2.24, 2.45) is 0 Å². The summed E-state index contributed by atoms with van der Waals surface area (Å²) in [5.74, 6) is -3.38. The van der Waals surface area contributed by atoms with Crippen LogP contribution in [-0.2, 0) is 9.53 Å². The Morgan fingerprint density at radius 1 is 1.05 bits per heavy atom. The summed E-state index contributed by atoms with van der Waals surface area (Å²) in [5, 5.41) is 26.6. The van der Waals surface area contributed by atoms with Gasteiger partial charge in [-0.3, -0.25) is 0 Å². The second-order valence-electron chi connectivity index (χ2n) is 4.24. The standard InChI is InChI=1S/C15H16O7/c16-8-3-4-10(7-9-17)14(20)22-15(21)12-6-2-1-5-11(12)13(18)19/h1-2,4-6,16-17H,3,7-9H2,(H,18,19). The fraction of sp³-hybridized carbons (Fsp3) is 0.267. The number of hydrogen-bond donors (Lipinski definition) is 3. The van der Waals surface area contributed by atoms with Gasteiger partial charge in [0.05, 0.1) is 11.1 Å². The molecule has 0 amide bonds. The monoisotopic (exact) mass is 308 g/mol. The van der Waals surface area contributed by atoms with Gasteiger partial charge in [0.1, 0.15) is 0 Å². The highest BCUT2D eigenvalue weighted by Crippen LogP contribution is 2.13. The molecule has 1 rings (SSSR count). The second-order valence-corrected chi connectivity index (χ2v) is 4.24. The third kappa shape index (κ3) is 4.80. The van der Waals surface area contributed by atoms with E-state index in [-0.39, 0.29) is 42.8 Å². The molecule has 1 aromatic rings. The molecule has 0 aliphatic carbocycles. The fourth-order valence-electron chi connectivity index (χ4n) is 1.70. The molecule has 0 aliphatic rings. The summed E-state index contributed by atoms with van der Waals surface area (Å²) in [6.45, 7) is -0.524. The Hall–Kier alpha value is -2.51. The number of carboxylic acid groups (broad SMARTS) is 1. The van der Waals surface area contributed by atoms with E-state index >= 15 is 0 Å². The number of benzene rings is 1. The molecule has 0 spiro atoms. The largest absolute Gasteiger partial charge is 0.478 e. The van der Waals surface area contributed by atoms with E-state index in [1.807, 2.05) is 0 Å². The van der Waals surface area contributed by atoms with Crippen LogP contribution in [0.4, 0.5) is 0 Å². The second kappa shape index (κ2) is 8.71. The minimum absolute atomic E-state index is 0.0350. The van der Waals surface area contributed by atoms with Crippen LogP contribution in [0.2, 0.25) is 0 Å². The smallest absolute Gasteiger partial charge is 0.346 e.